The van der Waals surface area contributed by atoms with Crippen LogP contribution < -0.4 is 10.1 Å². The van der Waals surface area contributed by atoms with Crippen LogP contribution in [-0.2, 0) is 17.6 Å². The highest BCUT2D eigenvalue weighted by atomic mass is 32.1. The number of carbonyl (C=O) groups excluding carboxylic acids is 1. The topological polar surface area (TPSA) is 54.5 Å². The highest BCUT2D eigenvalue weighted by Gasteiger charge is 2.21. The molecular weight excluding hydrogens is 322 g/mol. The zero-order valence-electron chi connectivity index (χ0n) is 14.3. The van der Waals surface area contributed by atoms with Crippen LogP contribution in [0.1, 0.15) is 35.9 Å². The number of anilines is 1. The molecule has 1 aliphatic rings. The summed E-state index contributed by atoms with van der Waals surface area (Å²) in [7, 11) is 1.71. The molecule has 1 aromatic heterocycles. The second-order valence-electron chi connectivity index (χ2n) is 6.10. The molecule has 5 nitrogen and oxygen atoms in total. The van der Waals surface area contributed by atoms with Crippen LogP contribution in [0.25, 0.3) is 0 Å². The molecule has 24 heavy (non-hydrogen) atoms. The first-order chi connectivity index (χ1) is 11.6. The van der Waals surface area contributed by atoms with Gasteiger partial charge in [0.15, 0.2) is 5.13 Å². The van der Waals surface area contributed by atoms with E-state index in [2.05, 4.69) is 34.3 Å². The third-order valence-corrected chi connectivity index (χ3v) is 5.60. The number of ether oxygens (including phenoxy) is 1. The van der Waals surface area contributed by atoms with E-state index in [4.69, 9.17) is 4.74 Å². The fourth-order valence-electron chi connectivity index (χ4n) is 3.10. The van der Waals surface area contributed by atoms with E-state index in [0.717, 1.165) is 31.7 Å². The first-order valence-corrected chi connectivity index (χ1v) is 9.01. The number of carbonyl (C=O) groups is 1. The fourth-order valence-corrected chi connectivity index (χ4v) is 4.05. The second-order valence-corrected chi connectivity index (χ2v) is 7.16. The van der Waals surface area contributed by atoms with E-state index >= 15 is 0 Å². The van der Waals surface area contributed by atoms with Crippen LogP contribution in [0.5, 0.6) is 5.75 Å². The third-order valence-electron chi connectivity index (χ3n) is 4.52. The third kappa shape index (κ3) is 3.76. The molecule has 1 N–H and O–H groups in total. The standard InChI is InChI=1S/C18H23N3O2S/c1-12(17-11-19-18(24-17)20-13(2)22)21-8-6-14-4-5-16(23-3)10-15(14)7-9-21/h4-5,10-12H,6-9H2,1-3H3,(H,19,20,22)/t12-/m1/s1. The summed E-state index contributed by atoms with van der Waals surface area (Å²) in [5, 5.41) is 3.43. The van der Waals surface area contributed by atoms with Gasteiger partial charge in [-0.05, 0) is 43.0 Å². The molecule has 0 unspecified atom stereocenters. The maximum Gasteiger partial charge on any atom is 0.223 e. The van der Waals surface area contributed by atoms with E-state index in [9.17, 15) is 4.79 Å². The van der Waals surface area contributed by atoms with Gasteiger partial charge in [0.1, 0.15) is 5.75 Å². The molecule has 0 bridgehead atoms. The van der Waals surface area contributed by atoms with Gasteiger partial charge >= 0.3 is 0 Å². The van der Waals surface area contributed by atoms with Gasteiger partial charge in [0, 0.05) is 37.1 Å². The van der Waals surface area contributed by atoms with Crippen molar-refractivity contribution in [3.63, 3.8) is 0 Å². The monoisotopic (exact) mass is 345 g/mol. The molecule has 2 aromatic rings. The Morgan fingerprint density at radius 3 is 2.79 bits per heavy atom. The van der Waals surface area contributed by atoms with Gasteiger partial charge in [-0.2, -0.15) is 0 Å². The Hall–Kier alpha value is -1.92. The molecular formula is C18H23N3O2S. The average molecular weight is 345 g/mol. The SMILES string of the molecule is COc1ccc2c(c1)CCN([C@H](C)c1cnc(NC(C)=O)s1)CC2. The van der Waals surface area contributed by atoms with E-state index in [1.54, 1.807) is 18.4 Å². The molecule has 0 fully saturated rings. The number of benzene rings is 1. The molecule has 128 valence electrons. The van der Waals surface area contributed by atoms with Crippen LogP contribution in [0.3, 0.4) is 0 Å². The van der Waals surface area contributed by atoms with E-state index in [1.165, 1.54) is 22.9 Å². The van der Waals surface area contributed by atoms with Crippen molar-refractivity contribution in [3.05, 3.63) is 40.4 Å². The zero-order chi connectivity index (χ0) is 17.1. The number of hydrogen-bond acceptors (Lipinski definition) is 5. The van der Waals surface area contributed by atoms with Crippen molar-refractivity contribution in [2.24, 2.45) is 0 Å². The smallest absolute Gasteiger partial charge is 0.223 e. The van der Waals surface area contributed by atoms with Crippen LogP contribution in [0.4, 0.5) is 5.13 Å². The second kappa shape index (κ2) is 7.32. The number of fused-ring (bicyclic) bond motifs is 1. The largest absolute Gasteiger partial charge is 0.497 e. The minimum atomic E-state index is -0.0808. The Kier molecular flexibility index (Phi) is 5.16. The molecule has 1 amide bonds. The Balaban J connectivity index is 1.70. The van der Waals surface area contributed by atoms with Crippen molar-refractivity contribution in [2.45, 2.75) is 32.7 Å². The predicted molar refractivity (Wildman–Crippen MR) is 96.8 cm³/mol. The van der Waals surface area contributed by atoms with E-state index in [1.807, 2.05) is 12.3 Å². The molecule has 3 rings (SSSR count). The van der Waals surface area contributed by atoms with Crippen molar-refractivity contribution in [1.29, 1.82) is 0 Å². The number of rotatable bonds is 4. The number of nitrogens with zero attached hydrogens (tertiary/aromatic N) is 2. The van der Waals surface area contributed by atoms with Gasteiger partial charge in [-0.15, -0.1) is 11.3 Å². The van der Waals surface area contributed by atoms with Crippen molar-refractivity contribution >= 4 is 22.4 Å². The molecule has 0 saturated carbocycles. The number of methoxy groups -OCH3 is 1. The zero-order valence-corrected chi connectivity index (χ0v) is 15.2. The molecule has 2 heterocycles. The van der Waals surface area contributed by atoms with Gasteiger partial charge < -0.3 is 10.1 Å². The lowest BCUT2D eigenvalue weighted by atomic mass is 10.0. The summed E-state index contributed by atoms with van der Waals surface area (Å²) in [5.41, 5.74) is 2.79. The van der Waals surface area contributed by atoms with Gasteiger partial charge in [0.2, 0.25) is 5.91 Å². The normalized spacial score (nSPS) is 16.1. The molecule has 1 atom stereocenters. The van der Waals surface area contributed by atoms with Gasteiger partial charge in [-0.3, -0.25) is 9.69 Å². The van der Waals surface area contributed by atoms with Crippen molar-refractivity contribution in [2.75, 3.05) is 25.5 Å². The molecule has 1 aromatic carbocycles. The molecule has 0 saturated heterocycles. The minimum absolute atomic E-state index is 0.0808. The van der Waals surface area contributed by atoms with Crippen LogP contribution in [0.15, 0.2) is 24.4 Å². The lowest BCUT2D eigenvalue weighted by Gasteiger charge is -2.26. The molecule has 0 aliphatic carbocycles. The predicted octanol–water partition coefficient (Wildman–Crippen LogP) is 3.27. The average Bonchev–Trinajstić information content (AvgIpc) is 2.91. The van der Waals surface area contributed by atoms with Gasteiger partial charge in [0.25, 0.3) is 0 Å². The Labute approximate surface area is 146 Å². The van der Waals surface area contributed by atoms with Crippen LogP contribution >= 0.6 is 11.3 Å². The van der Waals surface area contributed by atoms with Crippen LogP contribution in [-0.4, -0.2) is 36.0 Å². The van der Waals surface area contributed by atoms with E-state index < -0.39 is 0 Å². The van der Waals surface area contributed by atoms with Crippen molar-refractivity contribution in [3.8, 4) is 5.75 Å². The Morgan fingerprint density at radius 1 is 1.33 bits per heavy atom. The van der Waals surface area contributed by atoms with Crippen molar-refractivity contribution in [1.82, 2.24) is 9.88 Å². The summed E-state index contributed by atoms with van der Waals surface area (Å²) in [6.07, 6.45) is 3.94. The lowest BCUT2D eigenvalue weighted by Crippen LogP contribution is -2.29. The summed E-state index contributed by atoms with van der Waals surface area (Å²) in [4.78, 5) is 19.1. The Bertz CT molecular complexity index is 729. The highest BCUT2D eigenvalue weighted by molar-refractivity contribution is 7.15. The first kappa shape index (κ1) is 16.9. The minimum Gasteiger partial charge on any atom is -0.497 e. The summed E-state index contributed by atoms with van der Waals surface area (Å²) in [6, 6.07) is 6.68. The summed E-state index contributed by atoms with van der Waals surface area (Å²) >= 11 is 1.55. The Morgan fingerprint density at radius 2 is 2.08 bits per heavy atom. The van der Waals surface area contributed by atoms with Gasteiger partial charge in [0.05, 0.1) is 7.11 Å². The summed E-state index contributed by atoms with van der Waals surface area (Å²) in [6.45, 7) is 5.75. The molecule has 0 spiro atoms. The first-order valence-electron chi connectivity index (χ1n) is 8.20. The summed E-state index contributed by atoms with van der Waals surface area (Å²) < 4.78 is 5.34. The van der Waals surface area contributed by atoms with E-state index in [0.29, 0.717) is 11.2 Å². The lowest BCUT2D eigenvalue weighted by molar-refractivity contribution is -0.114. The fraction of sp³-hybridized carbons (Fsp3) is 0.444. The maximum atomic E-state index is 11.2. The molecule has 0 radical (unpaired) electrons. The van der Waals surface area contributed by atoms with Gasteiger partial charge in [-0.1, -0.05) is 6.07 Å². The van der Waals surface area contributed by atoms with Crippen molar-refractivity contribution < 1.29 is 9.53 Å². The van der Waals surface area contributed by atoms with Crippen LogP contribution in [0, 0.1) is 0 Å². The number of hydrogen-bond donors (Lipinski definition) is 1. The van der Waals surface area contributed by atoms with Gasteiger partial charge in [-0.25, -0.2) is 4.98 Å². The quantitative estimate of drug-likeness (QED) is 0.924. The maximum absolute atomic E-state index is 11.2. The number of aromatic nitrogens is 1. The highest BCUT2D eigenvalue weighted by Crippen LogP contribution is 2.30. The molecule has 1 aliphatic heterocycles. The summed E-state index contributed by atoms with van der Waals surface area (Å²) in [5.74, 6) is 0.848. The number of amides is 1. The molecule has 6 heteroatoms. The number of thiazole rings is 1. The van der Waals surface area contributed by atoms with Crippen LogP contribution in [0.2, 0.25) is 0 Å². The number of nitrogens with one attached hydrogen (secondary N) is 1. The van der Waals surface area contributed by atoms with E-state index in [-0.39, 0.29) is 5.91 Å².